The van der Waals surface area contributed by atoms with E-state index in [9.17, 15) is 13.2 Å². The molecule has 0 unspecified atom stereocenters. The van der Waals surface area contributed by atoms with Crippen LogP contribution >= 0.6 is 0 Å². The first-order chi connectivity index (χ1) is 8.93. The van der Waals surface area contributed by atoms with Crippen LogP contribution in [0.4, 0.5) is 19.0 Å². The summed E-state index contributed by atoms with van der Waals surface area (Å²) in [7, 11) is 0. The largest absolute Gasteiger partial charge is 0.433 e. The minimum Gasteiger partial charge on any atom is -0.395 e. The van der Waals surface area contributed by atoms with Gasteiger partial charge in [-0.2, -0.15) is 13.2 Å². The maximum Gasteiger partial charge on any atom is 0.433 e. The van der Waals surface area contributed by atoms with Crippen LogP contribution in [-0.4, -0.2) is 29.8 Å². The normalized spacial score (nSPS) is 11.7. The highest BCUT2D eigenvalue weighted by Gasteiger charge is 2.33. The lowest BCUT2D eigenvalue weighted by molar-refractivity contribution is -0.141. The Labute approximate surface area is 110 Å². The molecule has 1 aromatic rings. The molecule has 4 nitrogen and oxygen atoms in total. The predicted octanol–water partition coefficient (Wildman–Crippen LogP) is 1.77. The molecular weight excluding hydrogens is 259 g/mol. The summed E-state index contributed by atoms with van der Waals surface area (Å²) in [6.45, 7) is 2.60. The van der Waals surface area contributed by atoms with E-state index >= 15 is 0 Å². The fourth-order valence-electron chi connectivity index (χ4n) is 1.78. The van der Waals surface area contributed by atoms with Gasteiger partial charge in [0.1, 0.15) is 11.5 Å². The molecule has 0 aliphatic heterocycles. The monoisotopic (exact) mass is 277 g/mol. The number of aliphatic hydroxyl groups excluding tert-OH is 1. The van der Waals surface area contributed by atoms with Crippen molar-refractivity contribution in [3.8, 4) is 0 Å². The minimum absolute atomic E-state index is 0.103. The zero-order chi connectivity index (χ0) is 14.5. The molecule has 3 N–H and O–H groups in total. The lowest BCUT2D eigenvalue weighted by Crippen LogP contribution is -2.30. The van der Waals surface area contributed by atoms with Crippen molar-refractivity contribution in [1.29, 1.82) is 0 Å². The van der Waals surface area contributed by atoms with Gasteiger partial charge in [-0.15, -0.1) is 0 Å². The van der Waals surface area contributed by atoms with E-state index in [0.29, 0.717) is 12.1 Å². The Kier molecular flexibility index (Phi) is 5.56. The van der Waals surface area contributed by atoms with Crippen LogP contribution in [0.2, 0.25) is 0 Å². The van der Waals surface area contributed by atoms with Gasteiger partial charge in [-0.1, -0.05) is 13.0 Å². The van der Waals surface area contributed by atoms with Crippen LogP contribution in [0.15, 0.2) is 12.1 Å². The second-order valence-corrected chi connectivity index (χ2v) is 4.09. The van der Waals surface area contributed by atoms with Crippen LogP contribution in [0.5, 0.6) is 0 Å². The molecule has 0 fully saturated rings. The molecule has 0 aliphatic carbocycles. The molecule has 1 rings (SSSR count). The van der Waals surface area contributed by atoms with E-state index in [4.69, 9.17) is 10.8 Å². The van der Waals surface area contributed by atoms with Gasteiger partial charge in [0.05, 0.1) is 6.61 Å². The maximum atomic E-state index is 12.7. The van der Waals surface area contributed by atoms with E-state index in [1.807, 2.05) is 6.92 Å². The van der Waals surface area contributed by atoms with Crippen molar-refractivity contribution in [2.24, 2.45) is 5.73 Å². The van der Waals surface area contributed by atoms with Crippen LogP contribution < -0.4 is 10.6 Å². The van der Waals surface area contributed by atoms with Gasteiger partial charge in [-0.25, -0.2) is 4.98 Å². The number of halogens is 3. The third-order valence-corrected chi connectivity index (χ3v) is 2.63. The van der Waals surface area contributed by atoms with Gasteiger partial charge < -0.3 is 15.7 Å². The van der Waals surface area contributed by atoms with E-state index in [1.165, 1.54) is 6.07 Å². The number of hydrogen-bond acceptors (Lipinski definition) is 4. The average molecular weight is 277 g/mol. The smallest absolute Gasteiger partial charge is 0.395 e. The summed E-state index contributed by atoms with van der Waals surface area (Å²) in [5, 5.41) is 8.99. The number of aromatic nitrogens is 1. The number of pyridine rings is 1. The predicted molar refractivity (Wildman–Crippen MR) is 66.7 cm³/mol. The Bertz CT molecular complexity index is 404. The van der Waals surface area contributed by atoms with Gasteiger partial charge in [0.15, 0.2) is 0 Å². The van der Waals surface area contributed by atoms with E-state index in [0.717, 1.165) is 12.5 Å². The van der Waals surface area contributed by atoms with Crippen LogP contribution in [0.25, 0.3) is 0 Å². The Morgan fingerprint density at radius 1 is 1.32 bits per heavy atom. The second kappa shape index (κ2) is 6.72. The Balaban J connectivity index is 3.19. The van der Waals surface area contributed by atoms with Crippen LogP contribution in [0.3, 0.4) is 0 Å². The molecular formula is C12H18F3N3O. The number of nitrogens with two attached hydrogens (primary N) is 1. The van der Waals surface area contributed by atoms with Gasteiger partial charge in [-0.3, -0.25) is 0 Å². The van der Waals surface area contributed by atoms with E-state index in [1.54, 1.807) is 4.90 Å². The van der Waals surface area contributed by atoms with Crippen LogP contribution in [-0.2, 0) is 12.7 Å². The molecule has 0 spiro atoms. The summed E-state index contributed by atoms with van der Waals surface area (Å²) in [6, 6.07) is 2.26. The summed E-state index contributed by atoms with van der Waals surface area (Å²) in [5.74, 6) is 0.202. The van der Waals surface area contributed by atoms with Crippen LogP contribution in [0, 0.1) is 0 Å². The summed E-state index contributed by atoms with van der Waals surface area (Å²) in [4.78, 5) is 5.28. The molecule has 1 aromatic heterocycles. The number of rotatable bonds is 6. The zero-order valence-electron chi connectivity index (χ0n) is 10.7. The third kappa shape index (κ3) is 4.07. The molecule has 0 radical (unpaired) electrons. The first kappa shape index (κ1) is 15.7. The third-order valence-electron chi connectivity index (χ3n) is 2.63. The van der Waals surface area contributed by atoms with Crippen molar-refractivity contribution in [2.45, 2.75) is 26.1 Å². The summed E-state index contributed by atoms with van der Waals surface area (Å²) in [6.07, 6.45) is -3.75. The highest BCUT2D eigenvalue weighted by atomic mass is 19.4. The van der Waals surface area contributed by atoms with Crippen molar-refractivity contribution >= 4 is 5.82 Å². The molecule has 0 saturated carbocycles. The van der Waals surface area contributed by atoms with Crippen molar-refractivity contribution in [2.75, 3.05) is 24.6 Å². The standard InChI is InChI=1S/C12H18F3N3O/c1-2-5-18(6-7-19)11-9(8-16)3-4-10(17-11)12(13,14)15/h3-4,19H,2,5-8,16H2,1H3. The van der Waals surface area contributed by atoms with Gasteiger partial charge in [-0.05, 0) is 12.5 Å². The van der Waals surface area contributed by atoms with Crippen molar-refractivity contribution < 1.29 is 18.3 Å². The first-order valence-corrected chi connectivity index (χ1v) is 6.07. The average Bonchev–Trinajstić information content (AvgIpc) is 2.36. The summed E-state index contributed by atoms with van der Waals surface area (Å²) < 4.78 is 38.0. The van der Waals surface area contributed by atoms with Crippen LogP contribution in [0.1, 0.15) is 24.6 Å². The first-order valence-electron chi connectivity index (χ1n) is 6.07. The molecule has 1 heterocycles. The van der Waals surface area contributed by atoms with Crippen molar-refractivity contribution in [3.63, 3.8) is 0 Å². The molecule has 19 heavy (non-hydrogen) atoms. The molecule has 7 heteroatoms. The maximum absolute atomic E-state index is 12.7. The molecule has 0 amide bonds. The van der Waals surface area contributed by atoms with E-state index in [-0.39, 0.29) is 25.5 Å². The van der Waals surface area contributed by atoms with Gasteiger partial charge in [0.2, 0.25) is 0 Å². The van der Waals surface area contributed by atoms with Gasteiger partial charge >= 0.3 is 6.18 Å². The second-order valence-electron chi connectivity index (χ2n) is 4.09. The number of anilines is 1. The number of alkyl halides is 3. The fraction of sp³-hybridized carbons (Fsp3) is 0.583. The summed E-state index contributed by atoms with van der Waals surface area (Å²) >= 11 is 0. The highest BCUT2D eigenvalue weighted by molar-refractivity contribution is 5.48. The minimum atomic E-state index is -4.49. The van der Waals surface area contributed by atoms with Crippen molar-refractivity contribution in [1.82, 2.24) is 4.98 Å². The zero-order valence-corrected chi connectivity index (χ0v) is 10.7. The lowest BCUT2D eigenvalue weighted by atomic mass is 10.2. The quantitative estimate of drug-likeness (QED) is 0.832. The van der Waals surface area contributed by atoms with Gasteiger partial charge in [0.25, 0.3) is 0 Å². The highest BCUT2D eigenvalue weighted by Crippen LogP contribution is 2.30. The van der Waals surface area contributed by atoms with E-state index < -0.39 is 11.9 Å². The Morgan fingerprint density at radius 3 is 2.47 bits per heavy atom. The topological polar surface area (TPSA) is 62.4 Å². The number of aliphatic hydroxyl groups is 1. The Hall–Kier alpha value is -1.34. The molecule has 0 bridgehead atoms. The number of nitrogens with zero attached hydrogens (tertiary/aromatic N) is 2. The molecule has 0 saturated heterocycles. The SMILES string of the molecule is CCCN(CCO)c1nc(C(F)(F)F)ccc1CN. The van der Waals surface area contributed by atoms with Crippen molar-refractivity contribution in [3.05, 3.63) is 23.4 Å². The molecule has 108 valence electrons. The summed E-state index contributed by atoms with van der Waals surface area (Å²) in [5.41, 5.74) is 5.12. The number of hydrogen-bond donors (Lipinski definition) is 2. The van der Waals surface area contributed by atoms with E-state index in [2.05, 4.69) is 4.98 Å². The molecule has 0 atom stereocenters. The fourth-order valence-corrected chi connectivity index (χ4v) is 1.78. The lowest BCUT2D eigenvalue weighted by Gasteiger charge is -2.25. The molecule has 0 aromatic carbocycles. The Morgan fingerprint density at radius 2 is 2.00 bits per heavy atom. The van der Waals surface area contributed by atoms with Gasteiger partial charge in [0, 0.05) is 25.2 Å². The molecule has 0 aliphatic rings.